The maximum Gasteiger partial charge on any atom is 0.269 e. The topological polar surface area (TPSA) is 80.5 Å². The summed E-state index contributed by atoms with van der Waals surface area (Å²) in [6.07, 6.45) is 0. The number of halogens is 1. The number of fused-ring (bicyclic) bond motifs is 1. The molecule has 0 aliphatic carbocycles. The van der Waals surface area contributed by atoms with E-state index in [1.54, 1.807) is 30.3 Å². The van der Waals surface area contributed by atoms with E-state index in [1.165, 1.54) is 12.1 Å². The Balaban J connectivity index is 2.05. The summed E-state index contributed by atoms with van der Waals surface area (Å²) in [5.41, 5.74) is 6.87. The minimum Gasteiger partial charge on any atom is -0.398 e. The summed E-state index contributed by atoms with van der Waals surface area (Å²) in [4.78, 5) is 12.3. The molecule has 2 N–H and O–H groups in total. The lowest BCUT2D eigenvalue weighted by atomic mass is 10.1. The lowest BCUT2D eigenvalue weighted by Crippen LogP contribution is -2.29. The number of benzene rings is 2. The maximum absolute atomic E-state index is 12.4. The molecule has 0 fully saturated rings. The van der Waals surface area contributed by atoms with E-state index in [-0.39, 0.29) is 17.0 Å². The van der Waals surface area contributed by atoms with E-state index in [1.807, 2.05) is 0 Å². The van der Waals surface area contributed by atoms with Crippen molar-refractivity contribution in [2.45, 2.75) is 11.4 Å². The first-order valence-corrected chi connectivity index (χ1v) is 7.93. The van der Waals surface area contributed by atoms with E-state index in [4.69, 9.17) is 17.3 Å². The summed E-state index contributed by atoms with van der Waals surface area (Å²) in [5.74, 6) is -0.551. The molecule has 0 atom stereocenters. The Morgan fingerprint density at radius 1 is 1.14 bits per heavy atom. The van der Waals surface area contributed by atoms with Gasteiger partial charge in [0, 0.05) is 10.7 Å². The predicted molar refractivity (Wildman–Crippen MR) is 79.4 cm³/mol. The fraction of sp³-hybridized carbons (Fsp3) is 0.0714. The van der Waals surface area contributed by atoms with Crippen LogP contribution in [0.2, 0.25) is 5.02 Å². The number of hydrogen-bond acceptors (Lipinski definition) is 4. The smallest absolute Gasteiger partial charge is 0.269 e. The molecule has 5 nitrogen and oxygen atoms in total. The van der Waals surface area contributed by atoms with Crippen LogP contribution in [0.1, 0.15) is 15.9 Å². The summed E-state index contributed by atoms with van der Waals surface area (Å²) < 4.78 is 25.7. The van der Waals surface area contributed by atoms with E-state index in [2.05, 4.69) is 0 Å². The van der Waals surface area contributed by atoms with E-state index < -0.39 is 15.9 Å². The highest BCUT2D eigenvalue weighted by molar-refractivity contribution is 7.90. The van der Waals surface area contributed by atoms with Crippen molar-refractivity contribution in [3.05, 3.63) is 58.6 Å². The van der Waals surface area contributed by atoms with E-state index in [9.17, 15) is 13.2 Å². The predicted octanol–water partition coefficient (Wildman–Crippen LogP) is 2.27. The summed E-state index contributed by atoms with van der Waals surface area (Å²) in [6.45, 7) is -0.137. The van der Waals surface area contributed by atoms with Crippen LogP contribution in [0.3, 0.4) is 0 Å². The Hall–Kier alpha value is -2.05. The van der Waals surface area contributed by atoms with Crippen LogP contribution in [0.15, 0.2) is 47.4 Å². The molecular weight excluding hydrogens is 312 g/mol. The second-order valence-electron chi connectivity index (χ2n) is 4.66. The minimum absolute atomic E-state index is 0.0237. The van der Waals surface area contributed by atoms with Crippen LogP contribution in [0.4, 0.5) is 5.69 Å². The van der Waals surface area contributed by atoms with Crippen LogP contribution in [0.25, 0.3) is 0 Å². The molecule has 0 saturated heterocycles. The third-order valence-corrected chi connectivity index (χ3v) is 5.35. The maximum atomic E-state index is 12.4. The SMILES string of the molecule is Nc1ccc(Cl)cc1CN1C(=O)c2ccccc2S1(=O)=O. The van der Waals surface area contributed by atoms with Crippen LogP contribution in [0, 0.1) is 0 Å². The van der Waals surface area contributed by atoms with Crippen molar-refractivity contribution in [3.63, 3.8) is 0 Å². The number of rotatable bonds is 2. The molecule has 0 saturated carbocycles. The van der Waals surface area contributed by atoms with Crippen LogP contribution >= 0.6 is 11.6 Å². The van der Waals surface area contributed by atoms with Gasteiger partial charge in [-0.25, -0.2) is 12.7 Å². The van der Waals surface area contributed by atoms with Gasteiger partial charge in [0.1, 0.15) is 4.90 Å². The molecule has 108 valence electrons. The van der Waals surface area contributed by atoms with E-state index in [0.29, 0.717) is 16.3 Å². The molecule has 0 aromatic heterocycles. The summed E-state index contributed by atoms with van der Waals surface area (Å²) >= 11 is 5.89. The molecule has 0 spiro atoms. The van der Waals surface area contributed by atoms with Gasteiger partial charge < -0.3 is 5.73 Å². The highest BCUT2D eigenvalue weighted by Gasteiger charge is 2.40. The van der Waals surface area contributed by atoms with Crippen LogP contribution < -0.4 is 5.73 Å². The molecule has 2 aromatic rings. The summed E-state index contributed by atoms with van der Waals surface area (Å²) in [6, 6.07) is 10.9. The summed E-state index contributed by atoms with van der Waals surface area (Å²) in [7, 11) is -3.84. The van der Waals surface area contributed by atoms with Crippen molar-refractivity contribution in [2.24, 2.45) is 0 Å². The van der Waals surface area contributed by atoms with Gasteiger partial charge in [0.15, 0.2) is 0 Å². The van der Waals surface area contributed by atoms with Gasteiger partial charge in [-0.1, -0.05) is 23.7 Å². The minimum atomic E-state index is -3.84. The first-order valence-electron chi connectivity index (χ1n) is 6.11. The molecule has 3 rings (SSSR count). The second-order valence-corrected chi connectivity index (χ2v) is 6.92. The third-order valence-electron chi connectivity index (χ3n) is 3.33. The Labute approximate surface area is 127 Å². The number of anilines is 1. The van der Waals surface area contributed by atoms with Gasteiger partial charge >= 0.3 is 0 Å². The molecule has 0 unspecified atom stereocenters. The molecule has 21 heavy (non-hydrogen) atoms. The van der Waals surface area contributed by atoms with Crippen LogP contribution in [0.5, 0.6) is 0 Å². The quantitative estimate of drug-likeness (QED) is 0.860. The van der Waals surface area contributed by atoms with Crippen molar-refractivity contribution in [3.8, 4) is 0 Å². The standard InChI is InChI=1S/C14H11ClN2O3S/c15-10-5-6-12(16)9(7-10)8-17-14(18)11-3-1-2-4-13(11)21(17,19)20/h1-7H,8,16H2. The number of nitrogens with two attached hydrogens (primary N) is 1. The zero-order chi connectivity index (χ0) is 15.2. The number of nitrogen functional groups attached to an aromatic ring is 1. The number of sulfonamides is 1. The van der Waals surface area contributed by atoms with Crippen molar-refractivity contribution < 1.29 is 13.2 Å². The number of nitrogens with zero attached hydrogens (tertiary/aromatic N) is 1. The van der Waals surface area contributed by atoms with Crippen LogP contribution in [-0.4, -0.2) is 18.6 Å². The lowest BCUT2D eigenvalue weighted by Gasteiger charge is -2.16. The van der Waals surface area contributed by atoms with Gasteiger partial charge in [-0.15, -0.1) is 0 Å². The van der Waals surface area contributed by atoms with Gasteiger partial charge in [0.2, 0.25) is 0 Å². The molecule has 1 aliphatic rings. The number of carbonyl (C=O) groups excluding carboxylic acids is 1. The van der Waals surface area contributed by atoms with Gasteiger partial charge in [-0.05, 0) is 35.9 Å². The fourth-order valence-corrected chi connectivity index (χ4v) is 3.99. The Morgan fingerprint density at radius 2 is 1.86 bits per heavy atom. The molecule has 0 radical (unpaired) electrons. The normalized spacial score (nSPS) is 16.0. The zero-order valence-electron chi connectivity index (χ0n) is 10.8. The number of hydrogen-bond donors (Lipinski definition) is 1. The summed E-state index contributed by atoms with van der Waals surface area (Å²) in [5, 5.41) is 0.431. The Bertz CT molecular complexity index is 849. The zero-order valence-corrected chi connectivity index (χ0v) is 12.4. The van der Waals surface area contributed by atoms with Crippen molar-refractivity contribution in [1.82, 2.24) is 4.31 Å². The molecule has 1 amide bonds. The van der Waals surface area contributed by atoms with E-state index in [0.717, 1.165) is 4.31 Å². The van der Waals surface area contributed by atoms with Crippen molar-refractivity contribution in [2.75, 3.05) is 5.73 Å². The fourth-order valence-electron chi connectivity index (χ4n) is 2.25. The Morgan fingerprint density at radius 3 is 2.57 bits per heavy atom. The Kier molecular flexibility index (Phi) is 3.15. The lowest BCUT2D eigenvalue weighted by molar-refractivity contribution is 0.0865. The number of amides is 1. The van der Waals surface area contributed by atoms with Gasteiger partial charge in [0.25, 0.3) is 15.9 Å². The molecular formula is C14H11ClN2O3S. The first-order chi connectivity index (χ1) is 9.91. The molecule has 1 aliphatic heterocycles. The van der Waals surface area contributed by atoms with Crippen LogP contribution in [-0.2, 0) is 16.6 Å². The molecule has 2 aromatic carbocycles. The average molecular weight is 323 g/mol. The molecule has 0 bridgehead atoms. The highest BCUT2D eigenvalue weighted by atomic mass is 35.5. The molecule has 1 heterocycles. The largest absolute Gasteiger partial charge is 0.398 e. The second kappa shape index (κ2) is 4.75. The van der Waals surface area contributed by atoms with E-state index >= 15 is 0 Å². The molecule has 7 heteroatoms. The average Bonchev–Trinajstić information content (AvgIpc) is 2.64. The highest BCUT2D eigenvalue weighted by Crippen LogP contribution is 2.32. The third kappa shape index (κ3) is 2.16. The van der Waals surface area contributed by atoms with Crippen molar-refractivity contribution >= 4 is 33.2 Å². The van der Waals surface area contributed by atoms with Gasteiger partial charge in [-0.2, -0.15) is 0 Å². The van der Waals surface area contributed by atoms with Gasteiger partial charge in [0.05, 0.1) is 12.1 Å². The monoisotopic (exact) mass is 322 g/mol. The van der Waals surface area contributed by atoms with Gasteiger partial charge in [-0.3, -0.25) is 4.79 Å². The first kappa shape index (κ1) is 13.9. The van der Waals surface area contributed by atoms with Crippen molar-refractivity contribution in [1.29, 1.82) is 0 Å². The number of carbonyl (C=O) groups is 1.